The molecule has 0 aliphatic carbocycles. The Hall–Kier alpha value is -1.59. The molecular formula is C14H13ClN2O2S. The number of carboxylic acid groups (broad SMARTS) is 1. The van der Waals surface area contributed by atoms with Crippen LogP contribution < -0.4 is 0 Å². The molecule has 0 atom stereocenters. The summed E-state index contributed by atoms with van der Waals surface area (Å²) in [6, 6.07) is 7.47. The van der Waals surface area contributed by atoms with Crippen LogP contribution in [-0.4, -0.2) is 21.3 Å². The lowest BCUT2D eigenvalue weighted by Gasteiger charge is -2.09. The number of nitrogens with zero attached hydrogens (tertiary/aromatic N) is 2. The molecule has 0 saturated carbocycles. The van der Waals surface area contributed by atoms with Crippen molar-refractivity contribution in [3.63, 3.8) is 0 Å². The molecule has 1 heterocycles. The Labute approximate surface area is 126 Å². The monoisotopic (exact) mass is 308 g/mol. The average molecular weight is 309 g/mol. The molecule has 104 valence electrons. The molecule has 0 fully saturated rings. The molecule has 0 spiro atoms. The molecule has 0 amide bonds. The van der Waals surface area contributed by atoms with Gasteiger partial charge in [-0.2, -0.15) is 5.10 Å². The van der Waals surface area contributed by atoms with Gasteiger partial charge in [-0.1, -0.05) is 41.6 Å². The van der Waals surface area contributed by atoms with Gasteiger partial charge in [0.05, 0.1) is 11.3 Å². The maximum Gasteiger partial charge on any atom is 0.338 e. The molecule has 20 heavy (non-hydrogen) atoms. The molecule has 0 unspecified atom stereocenters. The quantitative estimate of drug-likeness (QED) is 0.872. The van der Waals surface area contributed by atoms with Gasteiger partial charge in [-0.05, 0) is 31.0 Å². The van der Waals surface area contributed by atoms with Crippen molar-refractivity contribution in [2.45, 2.75) is 24.6 Å². The first kappa shape index (κ1) is 14.8. The fraction of sp³-hybridized carbons (Fsp3) is 0.214. The summed E-state index contributed by atoms with van der Waals surface area (Å²) < 4.78 is 0. The van der Waals surface area contributed by atoms with Crippen molar-refractivity contribution < 1.29 is 9.90 Å². The minimum Gasteiger partial charge on any atom is -0.478 e. The van der Waals surface area contributed by atoms with E-state index < -0.39 is 5.97 Å². The number of aromatic nitrogens is 2. The van der Waals surface area contributed by atoms with Crippen molar-refractivity contribution in [1.29, 1.82) is 0 Å². The highest BCUT2D eigenvalue weighted by Crippen LogP contribution is 2.29. The highest BCUT2D eigenvalue weighted by atomic mass is 35.5. The van der Waals surface area contributed by atoms with E-state index >= 15 is 0 Å². The topological polar surface area (TPSA) is 63.1 Å². The maximum absolute atomic E-state index is 11.4. The molecule has 2 aromatic rings. The second kappa shape index (κ2) is 6.24. The standard InChI is InChI=1S/C14H13ClN2O2S/c1-8-9(2)16-17-13(12(8)14(18)19)20-7-10-5-3-4-6-11(10)15/h3-6H,7H2,1-2H3,(H,18,19). The number of carboxylic acids is 1. The van der Waals surface area contributed by atoms with E-state index in [1.54, 1.807) is 13.8 Å². The number of hydrogen-bond acceptors (Lipinski definition) is 4. The summed E-state index contributed by atoms with van der Waals surface area (Å²) in [5.74, 6) is -0.431. The number of rotatable bonds is 4. The fourth-order valence-electron chi connectivity index (χ4n) is 1.70. The minimum atomic E-state index is -0.984. The van der Waals surface area contributed by atoms with Gasteiger partial charge in [-0.25, -0.2) is 4.79 Å². The number of thioether (sulfide) groups is 1. The van der Waals surface area contributed by atoms with Crippen molar-refractivity contribution in [3.05, 3.63) is 51.7 Å². The lowest BCUT2D eigenvalue weighted by Crippen LogP contribution is -2.08. The number of carbonyl (C=O) groups is 1. The maximum atomic E-state index is 11.4. The fourth-order valence-corrected chi connectivity index (χ4v) is 3.01. The molecule has 0 aliphatic rings. The highest BCUT2D eigenvalue weighted by molar-refractivity contribution is 7.98. The summed E-state index contributed by atoms with van der Waals surface area (Å²) in [5, 5.41) is 18.4. The van der Waals surface area contributed by atoms with Gasteiger partial charge in [0, 0.05) is 10.8 Å². The Balaban J connectivity index is 2.29. The summed E-state index contributed by atoms with van der Waals surface area (Å²) in [5.41, 5.74) is 2.43. The van der Waals surface area contributed by atoms with E-state index in [1.165, 1.54) is 11.8 Å². The number of aryl methyl sites for hydroxylation is 1. The summed E-state index contributed by atoms with van der Waals surface area (Å²) >= 11 is 7.41. The molecular weight excluding hydrogens is 296 g/mol. The van der Waals surface area contributed by atoms with E-state index in [-0.39, 0.29) is 5.56 Å². The van der Waals surface area contributed by atoms with Crippen LogP contribution in [0.3, 0.4) is 0 Å². The van der Waals surface area contributed by atoms with Crippen LogP contribution in [-0.2, 0) is 5.75 Å². The summed E-state index contributed by atoms with van der Waals surface area (Å²) in [4.78, 5) is 11.4. The van der Waals surface area contributed by atoms with Crippen LogP contribution in [0.4, 0.5) is 0 Å². The van der Waals surface area contributed by atoms with E-state index in [0.717, 1.165) is 5.56 Å². The Bertz CT molecular complexity index is 662. The second-order valence-corrected chi connectivity index (χ2v) is 5.65. The Kier molecular flexibility index (Phi) is 4.62. The average Bonchev–Trinajstić information content (AvgIpc) is 2.41. The molecule has 6 heteroatoms. The van der Waals surface area contributed by atoms with E-state index in [4.69, 9.17) is 11.6 Å². The zero-order chi connectivity index (χ0) is 14.7. The van der Waals surface area contributed by atoms with Crippen LogP contribution in [0.5, 0.6) is 0 Å². The van der Waals surface area contributed by atoms with Crippen LogP contribution in [0.2, 0.25) is 5.02 Å². The van der Waals surface area contributed by atoms with Crippen molar-refractivity contribution >= 4 is 29.3 Å². The molecule has 0 bridgehead atoms. The second-order valence-electron chi connectivity index (χ2n) is 4.28. The Morgan fingerprint density at radius 2 is 2.00 bits per heavy atom. The predicted molar refractivity (Wildman–Crippen MR) is 79.5 cm³/mol. The van der Waals surface area contributed by atoms with Gasteiger partial charge in [0.25, 0.3) is 0 Å². The Morgan fingerprint density at radius 3 is 2.65 bits per heavy atom. The molecule has 0 aliphatic heterocycles. The van der Waals surface area contributed by atoms with Gasteiger partial charge < -0.3 is 5.11 Å². The molecule has 1 aromatic heterocycles. The normalized spacial score (nSPS) is 10.6. The first-order valence-electron chi connectivity index (χ1n) is 5.94. The van der Waals surface area contributed by atoms with Crippen LogP contribution >= 0.6 is 23.4 Å². The lowest BCUT2D eigenvalue weighted by molar-refractivity contribution is 0.0690. The third-order valence-electron chi connectivity index (χ3n) is 2.96. The predicted octanol–water partition coefficient (Wildman–Crippen LogP) is 3.74. The van der Waals surface area contributed by atoms with Gasteiger partial charge in [-0.3, -0.25) is 0 Å². The van der Waals surface area contributed by atoms with E-state index in [0.29, 0.717) is 27.1 Å². The van der Waals surface area contributed by atoms with Crippen LogP contribution in [0, 0.1) is 13.8 Å². The zero-order valence-corrected chi connectivity index (χ0v) is 12.6. The molecule has 1 aromatic carbocycles. The summed E-state index contributed by atoms with van der Waals surface area (Å²) in [6.45, 7) is 3.49. The van der Waals surface area contributed by atoms with Gasteiger partial charge >= 0.3 is 5.97 Å². The molecule has 0 saturated heterocycles. The smallest absolute Gasteiger partial charge is 0.338 e. The largest absolute Gasteiger partial charge is 0.478 e. The van der Waals surface area contributed by atoms with Gasteiger partial charge in [-0.15, -0.1) is 5.10 Å². The minimum absolute atomic E-state index is 0.217. The van der Waals surface area contributed by atoms with Crippen LogP contribution in [0.1, 0.15) is 27.2 Å². The molecule has 4 nitrogen and oxygen atoms in total. The van der Waals surface area contributed by atoms with Crippen molar-refractivity contribution in [1.82, 2.24) is 10.2 Å². The van der Waals surface area contributed by atoms with Crippen molar-refractivity contribution in [2.24, 2.45) is 0 Å². The van der Waals surface area contributed by atoms with Crippen LogP contribution in [0.25, 0.3) is 0 Å². The highest BCUT2D eigenvalue weighted by Gasteiger charge is 2.18. The van der Waals surface area contributed by atoms with Gasteiger partial charge in [0.15, 0.2) is 0 Å². The van der Waals surface area contributed by atoms with Crippen molar-refractivity contribution in [2.75, 3.05) is 0 Å². The van der Waals surface area contributed by atoms with Crippen LogP contribution in [0.15, 0.2) is 29.3 Å². The number of aromatic carboxylic acids is 1. The number of halogens is 1. The molecule has 1 N–H and O–H groups in total. The SMILES string of the molecule is Cc1nnc(SCc2ccccc2Cl)c(C(=O)O)c1C. The van der Waals surface area contributed by atoms with Crippen molar-refractivity contribution in [3.8, 4) is 0 Å². The van der Waals surface area contributed by atoms with E-state index in [2.05, 4.69) is 10.2 Å². The third kappa shape index (κ3) is 3.11. The number of hydrogen-bond donors (Lipinski definition) is 1. The molecule has 2 rings (SSSR count). The summed E-state index contributed by atoms with van der Waals surface area (Å²) in [7, 11) is 0. The van der Waals surface area contributed by atoms with E-state index in [1.807, 2.05) is 24.3 Å². The van der Waals surface area contributed by atoms with Gasteiger partial charge in [0.2, 0.25) is 0 Å². The first-order chi connectivity index (χ1) is 9.50. The van der Waals surface area contributed by atoms with Gasteiger partial charge in [0.1, 0.15) is 5.03 Å². The number of benzene rings is 1. The lowest BCUT2D eigenvalue weighted by atomic mass is 10.1. The third-order valence-corrected chi connectivity index (χ3v) is 4.34. The van der Waals surface area contributed by atoms with E-state index in [9.17, 15) is 9.90 Å². The zero-order valence-electron chi connectivity index (χ0n) is 11.1. The summed E-state index contributed by atoms with van der Waals surface area (Å²) in [6.07, 6.45) is 0. The molecule has 0 radical (unpaired) electrons. The Morgan fingerprint density at radius 1 is 1.30 bits per heavy atom. The first-order valence-corrected chi connectivity index (χ1v) is 7.30.